The van der Waals surface area contributed by atoms with E-state index in [9.17, 15) is 14.4 Å². The lowest BCUT2D eigenvalue weighted by molar-refractivity contribution is -0.143. The summed E-state index contributed by atoms with van der Waals surface area (Å²) in [5.74, 6) is -0.284. The molecule has 3 atom stereocenters. The van der Waals surface area contributed by atoms with Gasteiger partial charge in [-0.3, -0.25) is 9.59 Å². The molecule has 1 aromatic heterocycles. The molecule has 1 fully saturated rings. The van der Waals surface area contributed by atoms with Crippen molar-refractivity contribution in [3.63, 3.8) is 0 Å². The van der Waals surface area contributed by atoms with Gasteiger partial charge in [0.15, 0.2) is 6.10 Å². The first kappa shape index (κ1) is 17.5. The van der Waals surface area contributed by atoms with Crippen LogP contribution in [0.1, 0.15) is 34.0 Å². The van der Waals surface area contributed by atoms with Crippen LogP contribution in [-0.4, -0.2) is 40.5 Å². The largest absolute Gasteiger partial charge is 0.448 e. The molecule has 0 aliphatic carbocycles. The number of esters is 1. The van der Waals surface area contributed by atoms with Gasteiger partial charge in [-0.25, -0.2) is 4.79 Å². The molecule has 0 radical (unpaired) electrons. The SMILES string of the molecule is O=C1OC(C(=O)N2CC3CC(C2)c2cccc(=O)n2C3)Cc2cc(Cl)ccc21. The van der Waals surface area contributed by atoms with Crippen LogP contribution in [0.5, 0.6) is 0 Å². The molecule has 0 spiro atoms. The van der Waals surface area contributed by atoms with Crippen molar-refractivity contribution in [1.82, 2.24) is 9.47 Å². The summed E-state index contributed by atoms with van der Waals surface area (Å²) < 4.78 is 7.28. The number of amides is 1. The molecule has 5 rings (SSSR count). The summed E-state index contributed by atoms with van der Waals surface area (Å²) in [6.45, 7) is 1.74. The minimum Gasteiger partial charge on any atom is -0.448 e. The molecule has 4 heterocycles. The van der Waals surface area contributed by atoms with Crippen molar-refractivity contribution in [1.29, 1.82) is 0 Å². The van der Waals surface area contributed by atoms with Crippen LogP contribution in [0.2, 0.25) is 5.02 Å². The molecule has 1 amide bonds. The lowest BCUT2D eigenvalue weighted by Crippen LogP contribution is -2.53. The fraction of sp³-hybridized carbons (Fsp3) is 0.381. The zero-order valence-corrected chi connectivity index (χ0v) is 15.9. The minimum atomic E-state index is -0.824. The Morgan fingerprint density at radius 2 is 1.96 bits per heavy atom. The van der Waals surface area contributed by atoms with Crippen molar-refractivity contribution in [2.24, 2.45) is 5.92 Å². The second kappa shape index (κ2) is 6.48. The molecule has 6 nitrogen and oxygen atoms in total. The zero-order chi connectivity index (χ0) is 19.4. The Morgan fingerprint density at radius 1 is 1.11 bits per heavy atom. The van der Waals surface area contributed by atoms with Crippen LogP contribution in [0.3, 0.4) is 0 Å². The van der Waals surface area contributed by atoms with Gasteiger partial charge < -0.3 is 14.2 Å². The molecule has 1 aromatic carbocycles. The number of cyclic esters (lactones) is 1. The molecule has 2 bridgehead atoms. The van der Waals surface area contributed by atoms with Crippen LogP contribution in [0.15, 0.2) is 41.2 Å². The molecule has 0 N–H and O–H groups in total. The molecule has 7 heteroatoms. The number of nitrogens with zero attached hydrogens (tertiary/aromatic N) is 2. The number of aromatic nitrogens is 1. The van der Waals surface area contributed by atoms with Gasteiger partial charge in [0.2, 0.25) is 0 Å². The van der Waals surface area contributed by atoms with Gasteiger partial charge in [0.25, 0.3) is 11.5 Å². The molecule has 3 aliphatic heterocycles. The number of ether oxygens (including phenoxy) is 1. The Bertz CT molecular complexity index is 1050. The summed E-state index contributed by atoms with van der Waals surface area (Å²) in [7, 11) is 0. The van der Waals surface area contributed by atoms with E-state index >= 15 is 0 Å². The Labute approximate surface area is 166 Å². The van der Waals surface area contributed by atoms with E-state index in [-0.39, 0.29) is 23.3 Å². The Hall–Kier alpha value is -2.60. The molecule has 28 heavy (non-hydrogen) atoms. The van der Waals surface area contributed by atoms with Crippen molar-refractivity contribution in [3.05, 3.63) is 68.6 Å². The second-order valence-corrected chi connectivity index (χ2v) is 8.28. The highest BCUT2D eigenvalue weighted by molar-refractivity contribution is 6.30. The van der Waals surface area contributed by atoms with Crippen molar-refractivity contribution < 1.29 is 14.3 Å². The summed E-state index contributed by atoms with van der Waals surface area (Å²) in [5, 5.41) is 0.536. The molecule has 0 saturated carbocycles. The number of hydrogen-bond donors (Lipinski definition) is 0. The third-order valence-corrected chi connectivity index (χ3v) is 6.24. The van der Waals surface area contributed by atoms with Gasteiger partial charge in [0.1, 0.15) is 0 Å². The molecular weight excluding hydrogens is 380 g/mol. The first-order chi connectivity index (χ1) is 13.5. The maximum atomic E-state index is 13.2. The average Bonchev–Trinajstić information content (AvgIpc) is 2.67. The highest BCUT2D eigenvalue weighted by Crippen LogP contribution is 2.36. The van der Waals surface area contributed by atoms with Gasteiger partial charge in [-0.1, -0.05) is 17.7 Å². The lowest BCUT2D eigenvalue weighted by atomic mass is 9.83. The molecule has 3 aliphatic rings. The van der Waals surface area contributed by atoms with Crippen molar-refractivity contribution in [2.75, 3.05) is 13.1 Å². The number of pyridine rings is 1. The molecule has 1 saturated heterocycles. The summed E-state index contributed by atoms with van der Waals surface area (Å²) in [6.07, 6.45) is 0.480. The summed E-state index contributed by atoms with van der Waals surface area (Å²) in [6, 6.07) is 10.3. The first-order valence-corrected chi connectivity index (χ1v) is 9.85. The Kier molecular flexibility index (Phi) is 4.05. The predicted octanol–water partition coefficient (Wildman–Crippen LogP) is 2.23. The summed E-state index contributed by atoms with van der Waals surface area (Å²) >= 11 is 6.05. The smallest absolute Gasteiger partial charge is 0.339 e. The third kappa shape index (κ3) is 2.83. The van der Waals surface area contributed by atoms with E-state index in [4.69, 9.17) is 16.3 Å². The quantitative estimate of drug-likeness (QED) is 0.691. The van der Waals surface area contributed by atoms with Crippen LogP contribution in [0.25, 0.3) is 0 Å². The number of benzene rings is 1. The van der Waals surface area contributed by atoms with Gasteiger partial charge >= 0.3 is 5.97 Å². The van der Waals surface area contributed by atoms with E-state index in [1.54, 1.807) is 35.2 Å². The minimum absolute atomic E-state index is 0.0154. The van der Waals surface area contributed by atoms with Gasteiger partial charge in [0.05, 0.1) is 5.56 Å². The number of carbonyl (C=O) groups is 2. The number of piperidine rings is 1. The number of fused-ring (bicyclic) bond motifs is 5. The molecular formula is C21H19ClN2O4. The van der Waals surface area contributed by atoms with Crippen LogP contribution in [0.4, 0.5) is 0 Å². The third-order valence-electron chi connectivity index (χ3n) is 6.01. The zero-order valence-electron chi connectivity index (χ0n) is 15.1. The van der Waals surface area contributed by atoms with Crippen LogP contribution in [-0.2, 0) is 22.5 Å². The molecule has 144 valence electrons. The Balaban J connectivity index is 1.39. The lowest BCUT2D eigenvalue weighted by Gasteiger charge is -2.43. The second-order valence-electron chi connectivity index (χ2n) is 7.84. The van der Waals surface area contributed by atoms with Gasteiger partial charge in [0, 0.05) is 48.8 Å². The normalized spacial score (nSPS) is 25.5. The molecule has 2 aromatic rings. The van der Waals surface area contributed by atoms with Gasteiger partial charge in [-0.2, -0.15) is 0 Å². The standard InChI is InChI=1S/C21H19ClN2O4/c22-15-4-5-16-13(7-15)8-18(28-21(16)27)20(26)23-9-12-6-14(11-23)17-2-1-3-19(25)24(17)10-12/h1-5,7,12,14,18H,6,8-11H2. The monoisotopic (exact) mass is 398 g/mol. The number of hydrogen-bond acceptors (Lipinski definition) is 4. The van der Waals surface area contributed by atoms with E-state index in [1.807, 2.05) is 10.6 Å². The number of rotatable bonds is 1. The fourth-order valence-electron chi connectivity index (χ4n) is 4.78. The first-order valence-electron chi connectivity index (χ1n) is 9.47. The maximum absolute atomic E-state index is 13.2. The fourth-order valence-corrected chi connectivity index (χ4v) is 4.98. The molecule has 3 unspecified atom stereocenters. The summed E-state index contributed by atoms with van der Waals surface area (Å²) in [5.41, 5.74) is 2.22. The highest BCUT2D eigenvalue weighted by Gasteiger charge is 2.40. The van der Waals surface area contributed by atoms with Crippen LogP contribution >= 0.6 is 11.6 Å². The highest BCUT2D eigenvalue weighted by atomic mass is 35.5. The summed E-state index contributed by atoms with van der Waals surface area (Å²) in [4.78, 5) is 39.4. The van der Waals surface area contributed by atoms with Gasteiger partial charge in [-0.05, 0) is 42.2 Å². The van der Waals surface area contributed by atoms with Crippen molar-refractivity contribution >= 4 is 23.5 Å². The van der Waals surface area contributed by atoms with Crippen LogP contribution in [0, 0.1) is 5.92 Å². The van der Waals surface area contributed by atoms with E-state index in [0.717, 1.165) is 17.7 Å². The van der Waals surface area contributed by atoms with Gasteiger partial charge in [-0.15, -0.1) is 0 Å². The average molecular weight is 399 g/mol. The predicted molar refractivity (Wildman–Crippen MR) is 102 cm³/mol. The van der Waals surface area contributed by atoms with E-state index < -0.39 is 12.1 Å². The maximum Gasteiger partial charge on any atom is 0.339 e. The van der Waals surface area contributed by atoms with E-state index in [0.29, 0.717) is 36.6 Å². The van der Waals surface area contributed by atoms with Crippen LogP contribution < -0.4 is 5.56 Å². The van der Waals surface area contributed by atoms with E-state index in [1.165, 1.54) is 0 Å². The van der Waals surface area contributed by atoms with Crippen molar-refractivity contribution in [3.8, 4) is 0 Å². The topological polar surface area (TPSA) is 68.6 Å². The number of likely N-dealkylation sites (tertiary alicyclic amines) is 1. The Morgan fingerprint density at radius 3 is 2.82 bits per heavy atom. The number of halogens is 1. The van der Waals surface area contributed by atoms with E-state index in [2.05, 4.69) is 0 Å². The number of carbonyl (C=O) groups excluding carboxylic acids is 2. The van der Waals surface area contributed by atoms with Crippen molar-refractivity contribution in [2.45, 2.75) is 31.4 Å².